The maximum Gasteiger partial charge on any atom is 0.326 e. The van der Waals surface area contributed by atoms with Crippen molar-refractivity contribution in [1.29, 1.82) is 0 Å². The molecular weight excluding hydrogens is 360 g/mol. The number of urea groups is 1. The number of carbonyl (C=O) groups excluding carboxylic acids is 1. The fraction of sp³-hybridized carbons (Fsp3) is 0.385. The summed E-state index contributed by atoms with van der Waals surface area (Å²) >= 11 is 4.82. The first-order valence-corrected chi connectivity index (χ1v) is 8.29. The number of thioether (sulfide) groups is 1. The molecule has 0 saturated heterocycles. The minimum Gasteiger partial charge on any atom is -0.495 e. The summed E-state index contributed by atoms with van der Waals surface area (Å²) < 4.78 is 5.91. The van der Waals surface area contributed by atoms with E-state index in [9.17, 15) is 9.59 Å². The Hall–Kier alpha value is -1.41. The lowest BCUT2D eigenvalue weighted by Gasteiger charge is -2.16. The quantitative estimate of drug-likeness (QED) is 0.680. The number of aliphatic carboxylic acids is 1. The van der Waals surface area contributed by atoms with Crippen LogP contribution < -0.4 is 15.4 Å². The molecule has 0 aliphatic carbocycles. The zero-order valence-electron chi connectivity index (χ0n) is 11.7. The van der Waals surface area contributed by atoms with Crippen LogP contribution in [0, 0.1) is 0 Å². The number of hydrogen-bond donors (Lipinski definition) is 3. The van der Waals surface area contributed by atoms with Crippen LogP contribution in [0.4, 0.5) is 10.5 Å². The minimum absolute atomic E-state index is 0.361. The van der Waals surface area contributed by atoms with Crippen LogP contribution in [-0.2, 0) is 4.79 Å². The van der Waals surface area contributed by atoms with Gasteiger partial charge in [0, 0.05) is 4.47 Å². The molecule has 0 bridgehead atoms. The van der Waals surface area contributed by atoms with E-state index in [2.05, 4.69) is 26.6 Å². The number of carboxylic acid groups (broad SMARTS) is 1. The second-order valence-electron chi connectivity index (χ2n) is 4.12. The average molecular weight is 377 g/mol. The molecule has 0 radical (unpaired) electrons. The standard InChI is InChI=1S/C13H17BrN2O4S/c1-20-11-4-3-8(14)7-10(11)16-13(19)15-9(12(17)18)5-6-21-2/h3-4,7,9H,5-6H2,1-2H3,(H,17,18)(H2,15,16,19). The van der Waals surface area contributed by atoms with Gasteiger partial charge in [-0.25, -0.2) is 9.59 Å². The first-order chi connectivity index (χ1) is 9.97. The molecule has 1 rings (SSSR count). The van der Waals surface area contributed by atoms with Crippen molar-refractivity contribution < 1.29 is 19.4 Å². The zero-order valence-corrected chi connectivity index (χ0v) is 14.1. The summed E-state index contributed by atoms with van der Waals surface area (Å²) in [7, 11) is 1.49. The van der Waals surface area contributed by atoms with Gasteiger partial charge in [0.1, 0.15) is 11.8 Å². The van der Waals surface area contributed by atoms with Gasteiger partial charge in [-0.2, -0.15) is 11.8 Å². The molecule has 0 aromatic heterocycles. The highest BCUT2D eigenvalue weighted by atomic mass is 79.9. The molecule has 3 N–H and O–H groups in total. The van der Waals surface area contributed by atoms with Gasteiger partial charge >= 0.3 is 12.0 Å². The smallest absolute Gasteiger partial charge is 0.326 e. The van der Waals surface area contributed by atoms with E-state index in [1.165, 1.54) is 18.9 Å². The lowest BCUT2D eigenvalue weighted by atomic mass is 10.2. The van der Waals surface area contributed by atoms with Gasteiger partial charge in [-0.05, 0) is 36.6 Å². The molecular formula is C13H17BrN2O4S. The topological polar surface area (TPSA) is 87.7 Å². The molecule has 1 unspecified atom stereocenters. The maximum atomic E-state index is 11.9. The van der Waals surface area contributed by atoms with E-state index in [0.717, 1.165) is 4.47 Å². The Bertz CT molecular complexity index is 513. The summed E-state index contributed by atoms with van der Waals surface area (Å²) in [5.74, 6) is 0.0852. The predicted octanol–water partition coefficient (Wildman–Crippen LogP) is 2.79. The van der Waals surface area contributed by atoms with Crippen molar-refractivity contribution in [2.45, 2.75) is 12.5 Å². The molecule has 8 heteroatoms. The molecule has 116 valence electrons. The molecule has 0 saturated carbocycles. The summed E-state index contributed by atoms with van der Waals surface area (Å²) in [6, 6.07) is 3.65. The van der Waals surface area contributed by atoms with Gasteiger partial charge in [-0.3, -0.25) is 0 Å². The number of amides is 2. The number of anilines is 1. The normalized spacial score (nSPS) is 11.6. The highest BCUT2D eigenvalue weighted by Gasteiger charge is 2.20. The van der Waals surface area contributed by atoms with Crippen molar-refractivity contribution in [3.63, 3.8) is 0 Å². The molecule has 0 spiro atoms. The fourth-order valence-electron chi connectivity index (χ4n) is 1.59. The summed E-state index contributed by atoms with van der Waals surface area (Å²) in [6.45, 7) is 0. The molecule has 1 atom stereocenters. The van der Waals surface area contributed by atoms with Crippen LogP contribution in [0.15, 0.2) is 22.7 Å². The minimum atomic E-state index is -1.06. The third-order valence-corrected chi connectivity index (χ3v) is 3.76. The molecule has 0 aliphatic heterocycles. The van der Waals surface area contributed by atoms with Crippen molar-refractivity contribution in [2.75, 3.05) is 24.4 Å². The number of nitrogens with one attached hydrogen (secondary N) is 2. The van der Waals surface area contributed by atoms with Gasteiger partial charge in [-0.15, -0.1) is 0 Å². The van der Waals surface area contributed by atoms with E-state index < -0.39 is 18.0 Å². The Morgan fingerprint density at radius 1 is 1.48 bits per heavy atom. The molecule has 21 heavy (non-hydrogen) atoms. The number of ether oxygens (including phenoxy) is 1. The van der Waals surface area contributed by atoms with Crippen LogP contribution in [0.5, 0.6) is 5.75 Å². The van der Waals surface area contributed by atoms with Crippen molar-refractivity contribution in [2.24, 2.45) is 0 Å². The van der Waals surface area contributed by atoms with Crippen LogP contribution in [-0.4, -0.2) is 42.3 Å². The van der Waals surface area contributed by atoms with Crippen LogP contribution in [0.1, 0.15) is 6.42 Å². The highest BCUT2D eigenvalue weighted by molar-refractivity contribution is 9.10. The summed E-state index contributed by atoms with van der Waals surface area (Å²) in [6.07, 6.45) is 2.24. The first kappa shape index (κ1) is 17.6. The molecule has 1 aromatic carbocycles. The Morgan fingerprint density at radius 2 is 2.19 bits per heavy atom. The number of carbonyl (C=O) groups is 2. The van der Waals surface area contributed by atoms with Crippen molar-refractivity contribution in [3.8, 4) is 5.75 Å². The number of carboxylic acids is 1. The summed E-state index contributed by atoms with van der Waals surface area (Å²) in [4.78, 5) is 23.0. The maximum absolute atomic E-state index is 11.9. The van der Waals surface area contributed by atoms with Crippen molar-refractivity contribution in [3.05, 3.63) is 22.7 Å². The van der Waals surface area contributed by atoms with Crippen LogP contribution in [0.3, 0.4) is 0 Å². The number of halogens is 1. The van der Waals surface area contributed by atoms with Gasteiger partial charge in [0.15, 0.2) is 0 Å². The first-order valence-electron chi connectivity index (χ1n) is 6.10. The lowest BCUT2D eigenvalue weighted by Crippen LogP contribution is -2.43. The third-order valence-electron chi connectivity index (χ3n) is 2.62. The molecule has 0 fully saturated rings. The van der Waals surface area contributed by atoms with E-state index in [1.807, 2.05) is 6.26 Å². The number of benzene rings is 1. The van der Waals surface area contributed by atoms with Gasteiger partial charge < -0.3 is 20.5 Å². The van der Waals surface area contributed by atoms with Gasteiger partial charge in [0.2, 0.25) is 0 Å². The van der Waals surface area contributed by atoms with E-state index in [-0.39, 0.29) is 0 Å². The Labute approximate surface area is 135 Å². The second kappa shape index (κ2) is 8.78. The van der Waals surface area contributed by atoms with Gasteiger partial charge in [0.25, 0.3) is 0 Å². The molecule has 6 nitrogen and oxygen atoms in total. The van der Waals surface area contributed by atoms with Crippen molar-refractivity contribution >= 4 is 45.4 Å². The number of rotatable bonds is 7. The van der Waals surface area contributed by atoms with Crippen LogP contribution in [0.2, 0.25) is 0 Å². The molecule has 0 aliphatic rings. The Balaban J connectivity index is 2.71. The lowest BCUT2D eigenvalue weighted by molar-refractivity contribution is -0.139. The van der Waals surface area contributed by atoms with E-state index in [1.54, 1.807) is 18.2 Å². The summed E-state index contributed by atoms with van der Waals surface area (Å²) in [5, 5.41) is 14.1. The highest BCUT2D eigenvalue weighted by Crippen LogP contribution is 2.27. The third kappa shape index (κ3) is 5.84. The molecule has 1 aromatic rings. The SMILES string of the molecule is COc1ccc(Br)cc1NC(=O)NC(CCSC)C(=O)O. The fourth-order valence-corrected chi connectivity index (χ4v) is 2.42. The van der Waals surface area contributed by atoms with Crippen LogP contribution in [0.25, 0.3) is 0 Å². The van der Waals surface area contributed by atoms with Crippen molar-refractivity contribution in [1.82, 2.24) is 5.32 Å². The van der Waals surface area contributed by atoms with E-state index >= 15 is 0 Å². The molecule has 0 heterocycles. The van der Waals surface area contributed by atoms with Gasteiger partial charge in [0.05, 0.1) is 12.8 Å². The average Bonchev–Trinajstić information content (AvgIpc) is 2.43. The largest absolute Gasteiger partial charge is 0.495 e. The van der Waals surface area contributed by atoms with Crippen LogP contribution >= 0.6 is 27.7 Å². The Morgan fingerprint density at radius 3 is 2.76 bits per heavy atom. The Kier molecular flexibility index (Phi) is 7.38. The molecule has 2 amide bonds. The zero-order chi connectivity index (χ0) is 15.8. The van der Waals surface area contributed by atoms with E-state index in [4.69, 9.17) is 9.84 Å². The number of hydrogen-bond acceptors (Lipinski definition) is 4. The number of methoxy groups -OCH3 is 1. The predicted molar refractivity (Wildman–Crippen MR) is 87.3 cm³/mol. The second-order valence-corrected chi connectivity index (χ2v) is 6.02. The summed E-state index contributed by atoms with van der Waals surface area (Å²) in [5.41, 5.74) is 0.457. The monoisotopic (exact) mass is 376 g/mol. The van der Waals surface area contributed by atoms with Gasteiger partial charge in [-0.1, -0.05) is 15.9 Å². The van der Waals surface area contributed by atoms with E-state index in [0.29, 0.717) is 23.6 Å².